The minimum atomic E-state index is -0.405. The van der Waals surface area contributed by atoms with Crippen LogP contribution in [0.4, 0.5) is 0 Å². The lowest BCUT2D eigenvalue weighted by Crippen LogP contribution is -2.22. The van der Waals surface area contributed by atoms with Crippen molar-refractivity contribution >= 4 is 11.7 Å². The normalized spacial score (nSPS) is 15.2. The Morgan fingerprint density at radius 1 is 0.939 bits per heavy atom. The Hall–Kier alpha value is -3.60. The summed E-state index contributed by atoms with van der Waals surface area (Å²) in [6.07, 6.45) is 2.16. The van der Waals surface area contributed by atoms with E-state index in [1.165, 1.54) is 6.92 Å². The first-order chi connectivity index (χ1) is 15.9. The van der Waals surface area contributed by atoms with Gasteiger partial charge in [-0.1, -0.05) is 48.5 Å². The van der Waals surface area contributed by atoms with Gasteiger partial charge in [-0.05, 0) is 65.3 Å². The number of ketones is 1. The van der Waals surface area contributed by atoms with Gasteiger partial charge in [0, 0.05) is 21.3 Å². The highest BCUT2D eigenvalue weighted by Gasteiger charge is 2.50. The third-order valence-corrected chi connectivity index (χ3v) is 6.68. The molecule has 1 saturated carbocycles. The molecule has 170 valence electrons. The zero-order valence-electron chi connectivity index (χ0n) is 18.9. The van der Waals surface area contributed by atoms with E-state index in [2.05, 4.69) is 42.6 Å². The molecule has 5 nitrogen and oxygen atoms in total. The van der Waals surface area contributed by atoms with Crippen LogP contribution >= 0.6 is 0 Å². The van der Waals surface area contributed by atoms with Gasteiger partial charge in [0.25, 0.3) is 0 Å². The number of fused-ring (bicyclic) bond motifs is 1. The van der Waals surface area contributed by atoms with Gasteiger partial charge in [0.05, 0.1) is 5.41 Å². The maximum absolute atomic E-state index is 13.4. The number of Topliss-reactive ketones (excluding diaryl/α,β-unsaturated/α-hetero) is 1. The van der Waals surface area contributed by atoms with Gasteiger partial charge in [-0.25, -0.2) is 0 Å². The van der Waals surface area contributed by atoms with Crippen LogP contribution in [0.5, 0.6) is 11.5 Å². The molecule has 0 saturated heterocycles. The van der Waals surface area contributed by atoms with Gasteiger partial charge in [-0.15, -0.1) is 0 Å². The van der Waals surface area contributed by atoms with Crippen molar-refractivity contribution in [1.29, 1.82) is 0 Å². The summed E-state index contributed by atoms with van der Waals surface area (Å²) in [4.78, 5) is 24.5. The number of amides is 1. The van der Waals surface area contributed by atoms with E-state index >= 15 is 0 Å². The molecule has 33 heavy (non-hydrogen) atoms. The number of hydrogen-bond donors (Lipinski definition) is 1. The number of nitrogens with one attached hydrogen (secondary N) is 1. The second kappa shape index (κ2) is 8.39. The highest BCUT2D eigenvalue weighted by atomic mass is 16.7. The van der Waals surface area contributed by atoms with Crippen molar-refractivity contribution in [2.75, 3.05) is 6.79 Å². The van der Waals surface area contributed by atoms with Crippen LogP contribution in [-0.4, -0.2) is 18.5 Å². The minimum Gasteiger partial charge on any atom is -0.454 e. The zero-order chi connectivity index (χ0) is 23.0. The van der Waals surface area contributed by atoms with Crippen molar-refractivity contribution in [1.82, 2.24) is 5.32 Å². The van der Waals surface area contributed by atoms with Gasteiger partial charge in [0.15, 0.2) is 11.5 Å². The number of aryl methyl sites for hydroxylation is 1. The summed E-state index contributed by atoms with van der Waals surface area (Å²) in [6, 6.07) is 20.3. The van der Waals surface area contributed by atoms with Gasteiger partial charge >= 0.3 is 0 Å². The summed E-state index contributed by atoms with van der Waals surface area (Å²) in [5, 5.41) is 2.82. The summed E-state index contributed by atoms with van der Waals surface area (Å²) < 4.78 is 10.9. The molecule has 0 atom stereocenters. The second-order valence-corrected chi connectivity index (χ2v) is 9.01. The first-order valence-corrected chi connectivity index (χ1v) is 11.3. The fourth-order valence-corrected chi connectivity index (χ4v) is 4.52. The van der Waals surface area contributed by atoms with E-state index in [0.29, 0.717) is 13.0 Å². The third-order valence-electron chi connectivity index (χ3n) is 6.68. The standard InChI is InChI=1S/C28H27NO4.H2/c1-18-3-4-21(13-24(18)22-7-5-20(6-8-22)16-29-19(2)30)14-27(31)28(11-12-28)23-9-10-25-26(15-23)33-17-32-25;/h3-10,13,15H,11-12,14,16-17H2,1-2H3,(H,29,30);1H. The summed E-state index contributed by atoms with van der Waals surface area (Å²) in [7, 11) is 0. The highest BCUT2D eigenvalue weighted by Crippen LogP contribution is 2.51. The first-order valence-electron chi connectivity index (χ1n) is 11.3. The fraction of sp³-hybridized carbons (Fsp3) is 0.286. The van der Waals surface area contributed by atoms with Gasteiger partial charge in [0.1, 0.15) is 5.78 Å². The molecule has 1 heterocycles. The lowest BCUT2D eigenvalue weighted by atomic mass is 9.87. The Morgan fingerprint density at radius 2 is 1.67 bits per heavy atom. The molecular weight excluding hydrogens is 414 g/mol. The van der Waals surface area contributed by atoms with Crippen LogP contribution in [0.15, 0.2) is 60.7 Å². The minimum absolute atomic E-state index is 0. The Morgan fingerprint density at radius 3 is 2.39 bits per heavy atom. The maximum Gasteiger partial charge on any atom is 0.231 e. The molecule has 0 radical (unpaired) electrons. The molecule has 0 spiro atoms. The van der Waals surface area contributed by atoms with Gasteiger partial charge in [0.2, 0.25) is 12.7 Å². The average molecular weight is 444 g/mol. The Bertz CT molecular complexity index is 1230. The maximum atomic E-state index is 13.4. The first kappa shape index (κ1) is 21.3. The topological polar surface area (TPSA) is 64.6 Å². The lowest BCUT2D eigenvalue weighted by molar-refractivity contribution is -0.121. The SMILES string of the molecule is CC(=O)NCc1ccc(-c2cc(CC(=O)C3(c4ccc5c(c4)OCO5)CC3)ccc2C)cc1.[HH]. The van der Waals surface area contributed by atoms with E-state index in [4.69, 9.17) is 9.47 Å². The van der Waals surface area contributed by atoms with Crippen molar-refractivity contribution in [3.63, 3.8) is 0 Å². The van der Waals surface area contributed by atoms with E-state index in [1.54, 1.807) is 0 Å². The number of hydrogen-bond acceptors (Lipinski definition) is 4. The largest absolute Gasteiger partial charge is 0.454 e. The molecule has 1 aliphatic carbocycles. The lowest BCUT2D eigenvalue weighted by Gasteiger charge is -2.16. The molecule has 3 aromatic rings. The van der Waals surface area contributed by atoms with Crippen molar-refractivity contribution < 1.29 is 20.5 Å². The summed E-state index contributed by atoms with van der Waals surface area (Å²) in [5.41, 5.74) is 6.09. The molecule has 5 rings (SSSR count). The van der Waals surface area contributed by atoms with Crippen LogP contribution in [0.3, 0.4) is 0 Å². The van der Waals surface area contributed by atoms with Gasteiger partial charge in [-0.3, -0.25) is 9.59 Å². The van der Waals surface area contributed by atoms with Crippen LogP contribution in [-0.2, 0) is 28.0 Å². The molecule has 5 heteroatoms. The van der Waals surface area contributed by atoms with Gasteiger partial charge < -0.3 is 14.8 Å². The van der Waals surface area contributed by atoms with E-state index < -0.39 is 5.41 Å². The van der Waals surface area contributed by atoms with E-state index in [0.717, 1.165) is 57.7 Å². The molecule has 1 aliphatic heterocycles. The van der Waals surface area contributed by atoms with Crippen molar-refractivity contribution in [3.8, 4) is 22.6 Å². The molecule has 1 amide bonds. The number of ether oxygens (including phenoxy) is 2. The van der Waals surface area contributed by atoms with Crippen molar-refractivity contribution in [3.05, 3.63) is 82.9 Å². The van der Waals surface area contributed by atoms with Crippen molar-refractivity contribution in [2.24, 2.45) is 0 Å². The molecular formula is C28H29NO4. The highest BCUT2D eigenvalue weighted by molar-refractivity contribution is 5.95. The molecule has 0 bridgehead atoms. The van der Waals surface area contributed by atoms with Crippen LogP contribution in [0.2, 0.25) is 0 Å². The Labute approximate surface area is 195 Å². The quantitative estimate of drug-likeness (QED) is 0.551. The van der Waals surface area contributed by atoms with Crippen LogP contribution in [0.25, 0.3) is 11.1 Å². The predicted molar refractivity (Wildman–Crippen MR) is 128 cm³/mol. The van der Waals surface area contributed by atoms with Gasteiger partial charge in [-0.2, -0.15) is 0 Å². The van der Waals surface area contributed by atoms with Crippen LogP contribution < -0.4 is 14.8 Å². The average Bonchev–Trinajstić information content (AvgIpc) is 3.50. The molecule has 0 aromatic heterocycles. The molecule has 1 N–H and O–H groups in total. The van der Waals surface area contributed by atoms with E-state index in [9.17, 15) is 9.59 Å². The molecule has 2 aliphatic rings. The number of carbonyl (C=O) groups excluding carboxylic acids is 2. The predicted octanol–water partition coefficient (Wildman–Crippen LogP) is 5.12. The van der Waals surface area contributed by atoms with Crippen LogP contribution in [0.1, 0.15) is 43.4 Å². The molecule has 0 unspecified atom stereocenters. The summed E-state index contributed by atoms with van der Waals surface area (Å²) in [6.45, 7) is 4.36. The molecule has 1 fully saturated rings. The number of carbonyl (C=O) groups is 2. The fourth-order valence-electron chi connectivity index (χ4n) is 4.52. The molecule has 3 aromatic carbocycles. The monoisotopic (exact) mass is 443 g/mol. The summed E-state index contributed by atoms with van der Waals surface area (Å²) in [5.74, 6) is 1.68. The van der Waals surface area contributed by atoms with E-state index in [1.807, 2.05) is 30.3 Å². The Kier molecular flexibility index (Phi) is 5.41. The second-order valence-electron chi connectivity index (χ2n) is 9.01. The van der Waals surface area contributed by atoms with Crippen LogP contribution in [0, 0.1) is 6.92 Å². The zero-order valence-corrected chi connectivity index (χ0v) is 18.9. The van der Waals surface area contributed by atoms with Crippen molar-refractivity contribution in [2.45, 2.75) is 45.1 Å². The number of benzene rings is 3. The van der Waals surface area contributed by atoms with E-state index in [-0.39, 0.29) is 19.9 Å². The smallest absolute Gasteiger partial charge is 0.231 e. The number of rotatable bonds is 7. The third kappa shape index (κ3) is 4.23. The summed E-state index contributed by atoms with van der Waals surface area (Å²) >= 11 is 0. The Balaban J connectivity index is 0.00000274.